The predicted octanol–water partition coefficient (Wildman–Crippen LogP) is 2.85. The first-order valence-electron chi connectivity index (χ1n) is 8.52. The van der Waals surface area contributed by atoms with Gasteiger partial charge in [-0.15, -0.1) is 11.3 Å². The maximum atomic E-state index is 12.4. The standard InChI is InChI=1S/C19H16N4O4S2/c24-17-16(21-19(25)23(17)12-13-4-2-1-3-5-13)14-6-8-15(9-7-14)29(26,27)22-18-20-10-11-28-18/h1-11,24H,12H2,(H,20,22)(H,21,25). The molecule has 2 aromatic heterocycles. The molecule has 0 atom stereocenters. The van der Waals surface area contributed by atoms with Crippen molar-refractivity contribution in [1.29, 1.82) is 0 Å². The van der Waals surface area contributed by atoms with Gasteiger partial charge in [0.05, 0.1) is 11.4 Å². The van der Waals surface area contributed by atoms with Crippen LogP contribution in [0.5, 0.6) is 5.88 Å². The van der Waals surface area contributed by atoms with Crippen LogP contribution in [0.1, 0.15) is 5.56 Å². The third kappa shape index (κ3) is 3.93. The molecule has 0 aliphatic rings. The van der Waals surface area contributed by atoms with E-state index in [1.54, 1.807) is 5.38 Å². The van der Waals surface area contributed by atoms with Gasteiger partial charge in [-0.3, -0.25) is 9.29 Å². The Labute approximate surface area is 170 Å². The summed E-state index contributed by atoms with van der Waals surface area (Å²) in [5.74, 6) is -0.213. The predicted molar refractivity (Wildman–Crippen MR) is 111 cm³/mol. The maximum Gasteiger partial charge on any atom is 0.329 e. The van der Waals surface area contributed by atoms with Crippen LogP contribution >= 0.6 is 11.3 Å². The Morgan fingerprint density at radius 1 is 1.10 bits per heavy atom. The van der Waals surface area contributed by atoms with Gasteiger partial charge in [-0.25, -0.2) is 18.2 Å². The number of nitrogens with zero attached hydrogens (tertiary/aromatic N) is 2. The van der Waals surface area contributed by atoms with E-state index in [1.165, 1.54) is 46.4 Å². The average molecular weight is 428 g/mol. The molecule has 0 bridgehead atoms. The molecule has 0 unspecified atom stereocenters. The molecule has 3 N–H and O–H groups in total. The van der Waals surface area contributed by atoms with Crippen molar-refractivity contribution in [1.82, 2.24) is 14.5 Å². The highest BCUT2D eigenvalue weighted by Gasteiger charge is 2.18. The molecule has 4 aromatic rings. The Kier molecular flexibility index (Phi) is 4.95. The van der Waals surface area contributed by atoms with Crippen molar-refractivity contribution in [2.24, 2.45) is 0 Å². The number of benzene rings is 2. The molecule has 2 aromatic carbocycles. The Morgan fingerprint density at radius 2 is 1.83 bits per heavy atom. The number of sulfonamides is 1. The van der Waals surface area contributed by atoms with E-state index in [0.29, 0.717) is 5.56 Å². The Morgan fingerprint density at radius 3 is 2.48 bits per heavy atom. The molecule has 10 heteroatoms. The highest BCUT2D eigenvalue weighted by molar-refractivity contribution is 7.93. The number of thiazole rings is 1. The smallest absolute Gasteiger partial charge is 0.329 e. The molecule has 4 rings (SSSR count). The fourth-order valence-corrected chi connectivity index (χ4v) is 4.61. The first kappa shape index (κ1) is 19.0. The van der Waals surface area contributed by atoms with Crippen molar-refractivity contribution in [3.05, 3.63) is 82.2 Å². The van der Waals surface area contributed by atoms with E-state index in [2.05, 4.69) is 14.7 Å². The van der Waals surface area contributed by atoms with Crippen LogP contribution in [0.25, 0.3) is 11.3 Å². The highest BCUT2D eigenvalue weighted by Crippen LogP contribution is 2.28. The molecule has 0 saturated heterocycles. The highest BCUT2D eigenvalue weighted by atomic mass is 32.2. The minimum Gasteiger partial charge on any atom is -0.493 e. The summed E-state index contributed by atoms with van der Waals surface area (Å²) in [6.07, 6.45) is 1.50. The zero-order chi connectivity index (χ0) is 20.4. The van der Waals surface area contributed by atoms with Crippen LogP contribution in [-0.2, 0) is 16.6 Å². The minimum atomic E-state index is -3.78. The second kappa shape index (κ2) is 7.57. The molecule has 0 aliphatic carbocycles. The number of hydrogen-bond acceptors (Lipinski definition) is 6. The number of nitrogens with one attached hydrogen (secondary N) is 2. The van der Waals surface area contributed by atoms with Crippen molar-refractivity contribution in [3.8, 4) is 17.1 Å². The van der Waals surface area contributed by atoms with Gasteiger partial charge in [0, 0.05) is 17.1 Å². The lowest BCUT2D eigenvalue weighted by atomic mass is 10.1. The van der Waals surface area contributed by atoms with Crippen molar-refractivity contribution in [3.63, 3.8) is 0 Å². The third-order valence-corrected chi connectivity index (χ3v) is 6.42. The van der Waals surface area contributed by atoms with Crippen LogP contribution in [0.15, 0.2) is 75.9 Å². The van der Waals surface area contributed by atoms with E-state index in [0.717, 1.165) is 5.56 Å². The summed E-state index contributed by atoms with van der Waals surface area (Å²) < 4.78 is 28.5. The molecule has 0 saturated carbocycles. The molecule has 0 spiro atoms. The minimum absolute atomic E-state index is 0.0435. The van der Waals surface area contributed by atoms with Crippen LogP contribution < -0.4 is 10.4 Å². The van der Waals surface area contributed by atoms with Crippen LogP contribution in [-0.4, -0.2) is 28.1 Å². The summed E-state index contributed by atoms with van der Waals surface area (Å²) in [4.78, 5) is 18.9. The number of anilines is 1. The molecule has 2 heterocycles. The molecule has 8 nitrogen and oxygen atoms in total. The van der Waals surface area contributed by atoms with Crippen LogP contribution in [0.4, 0.5) is 5.13 Å². The van der Waals surface area contributed by atoms with Gasteiger partial charge in [0.25, 0.3) is 10.0 Å². The number of aromatic hydroxyl groups is 1. The number of rotatable bonds is 6. The quantitative estimate of drug-likeness (QED) is 0.437. The van der Waals surface area contributed by atoms with Crippen molar-refractivity contribution >= 4 is 26.5 Å². The molecular weight excluding hydrogens is 412 g/mol. The fourth-order valence-electron chi connectivity index (χ4n) is 2.82. The fraction of sp³-hybridized carbons (Fsp3) is 0.0526. The van der Waals surface area contributed by atoms with Crippen LogP contribution in [0, 0.1) is 0 Å². The van der Waals surface area contributed by atoms with E-state index in [9.17, 15) is 18.3 Å². The third-order valence-electron chi connectivity index (χ3n) is 4.25. The average Bonchev–Trinajstić information content (AvgIpc) is 3.32. The van der Waals surface area contributed by atoms with E-state index in [-0.39, 0.29) is 28.1 Å². The van der Waals surface area contributed by atoms with Gasteiger partial charge in [0.1, 0.15) is 5.69 Å². The van der Waals surface area contributed by atoms with Crippen molar-refractivity contribution in [2.45, 2.75) is 11.4 Å². The maximum absolute atomic E-state index is 12.4. The first-order chi connectivity index (χ1) is 13.9. The van der Waals surface area contributed by atoms with Gasteiger partial charge in [-0.2, -0.15) is 0 Å². The normalized spacial score (nSPS) is 11.4. The summed E-state index contributed by atoms with van der Waals surface area (Å²) in [6, 6.07) is 15.1. The summed E-state index contributed by atoms with van der Waals surface area (Å²) >= 11 is 1.17. The van der Waals surface area contributed by atoms with Gasteiger partial charge in [0.15, 0.2) is 5.13 Å². The molecule has 0 aliphatic heterocycles. The number of imidazole rings is 1. The number of hydrogen-bond donors (Lipinski definition) is 3. The zero-order valence-corrected chi connectivity index (χ0v) is 16.6. The Balaban J connectivity index is 1.61. The van der Waals surface area contributed by atoms with E-state index < -0.39 is 15.7 Å². The Hall–Kier alpha value is -3.37. The van der Waals surface area contributed by atoms with Gasteiger partial charge in [-0.05, 0) is 17.7 Å². The molecule has 148 valence electrons. The van der Waals surface area contributed by atoms with Gasteiger partial charge in [-0.1, -0.05) is 42.5 Å². The summed E-state index contributed by atoms with van der Waals surface area (Å²) in [7, 11) is -3.78. The molecule has 0 fully saturated rings. The lowest BCUT2D eigenvalue weighted by Crippen LogP contribution is -2.17. The molecule has 29 heavy (non-hydrogen) atoms. The lowest BCUT2D eigenvalue weighted by molar-refractivity contribution is 0.423. The SMILES string of the molecule is O=c1[nH]c(-c2ccc(S(=O)(=O)Nc3nccs3)cc2)c(O)n1Cc1ccccc1. The van der Waals surface area contributed by atoms with E-state index in [4.69, 9.17) is 0 Å². The second-order valence-corrected chi connectivity index (χ2v) is 8.74. The molecule has 0 amide bonds. The number of aromatic nitrogens is 3. The Bertz CT molecular complexity index is 1280. The van der Waals surface area contributed by atoms with E-state index >= 15 is 0 Å². The number of aromatic amines is 1. The summed E-state index contributed by atoms with van der Waals surface area (Å²) in [6.45, 7) is 0.214. The molecule has 0 radical (unpaired) electrons. The van der Waals surface area contributed by atoms with E-state index in [1.807, 2.05) is 30.3 Å². The summed E-state index contributed by atoms with van der Waals surface area (Å²) in [5, 5.41) is 12.5. The number of H-pyrrole nitrogens is 1. The second-order valence-electron chi connectivity index (χ2n) is 6.17. The van der Waals surface area contributed by atoms with Crippen molar-refractivity contribution < 1.29 is 13.5 Å². The lowest BCUT2D eigenvalue weighted by Gasteiger charge is -2.07. The van der Waals surface area contributed by atoms with Crippen LogP contribution in [0.2, 0.25) is 0 Å². The van der Waals surface area contributed by atoms with Gasteiger partial charge >= 0.3 is 5.69 Å². The molecular formula is C19H16N4O4S2. The van der Waals surface area contributed by atoms with Crippen LogP contribution in [0.3, 0.4) is 0 Å². The zero-order valence-electron chi connectivity index (χ0n) is 14.9. The largest absolute Gasteiger partial charge is 0.493 e. The monoisotopic (exact) mass is 428 g/mol. The van der Waals surface area contributed by atoms with Gasteiger partial charge < -0.3 is 10.1 Å². The topological polar surface area (TPSA) is 117 Å². The first-order valence-corrected chi connectivity index (χ1v) is 10.9. The van der Waals surface area contributed by atoms with Crippen molar-refractivity contribution in [2.75, 3.05) is 4.72 Å². The van der Waals surface area contributed by atoms with Gasteiger partial charge in [0.2, 0.25) is 5.88 Å². The summed E-state index contributed by atoms with van der Waals surface area (Å²) in [5.41, 5.74) is 1.12.